The summed E-state index contributed by atoms with van der Waals surface area (Å²) in [4.78, 5) is 14.2. The standard InChI is InChI=1S/C25H29N5O2/c1-3-24(30-9-8-20(16-30)29-10-12-31-13-11-29)27-21-14-18(5-4-17(21)2)19-6-7-23-22(15-19)28-25(26)32-23/h3-7,14-15,20H,1,8-13,16H2,2H3,(H2,26,28). The highest BCUT2D eigenvalue weighted by atomic mass is 16.5. The minimum absolute atomic E-state index is 0.183. The van der Waals surface area contributed by atoms with Gasteiger partial charge in [-0.1, -0.05) is 24.8 Å². The fourth-order valence-electron chi connectivity index (χ4n) is 4.59. The fraction of sp³-hybridized carbons (Fsp3) is 0.360. The molecule has 0 radical (unpaired) electrons. The largest absolute Gasteiger partial charge is 0.424 e. The van der Waals surface area contributed by atoms with Crippen LogP contribution in [0, 0.1) is 6.92 Å². The van der Waals surface area contributed by atoms with Crippen LogP contribution in [0.15, 0.2) is 58.5 Å². The second-order valence-electron chi connectivity index (χ2n) is 8.45. The first kappa shape index (κ1) is 20.7. The summed E-state index contributed by atoms with van der Waals surface area (Å²) in [5, 5.41) is 0. The van der Waals surface area contributed by atoms with E-state index < -0.39 is 0 Å². The molecule has 2 fully saturated rings. The number of aliphatic imine (C=N–C) groups is 1. The van der Waals surface area contributed by atoms with Gasteiger partial charge in [-0.05, 0) is 54.3 Å². The van der Waals surface area contributed by atoms with E-state index in [1.807, 2.05) is 24.3 Å². The van der Waals surface area contributed by atoms with Gasteiger partial charge in [-0.3, -0.25) is 4.90 Å². The normalized spacial score (nSPS) is 20.2. The van der Waals surface area contributed by atoms with Crippen LogP contribution in [0.1, 0.15) is 12.0 Å². The van der Waals surface area contributed by atoms with Crippen molar-refractivity contribution < 1.29 is 9.15 Å². The molecule has 5 rings (SSSR count). The highest BCUT2D eigenvalue weighted by molar-refractivity contribution is 5.95. The van der Waals surface area contributed by atoms with Crippen molar-refractivity contribution in [1.82, 2.24) is 14.8 Å². The van der Waals surface area contributed by atoms with E-state index in [0.29, 0.717) is 11.6 Å². The monoisotopic (exact) mass is 431 g/mol. The highest BCUT2D eigenvalue weighted by Gasteiger charge is 2.29. The van der Waals surface area contributed by atoms with Gasteiger partial charge >= 0.3 is 0 Å². The van der Waals surface area contributed by atoms with Crippen LogP contribution in [0.2, 0.25) is 0 Å². The number of nitrogens with two attached hydrogens (primary N) is 1. The number of likely N-dealkylation sites (tertiary alicyclic amines) is 1. The van der Waals surface area contributed by atoms with Crippen molar-refractivity contribution in [2.45, 2.75) is 19.4 Å². The van der Waals surface area contributed by atoms with Crippen molar-refractivity contribution >= 4 is 28.6 Å². The topological polar surface area (TPSA) is 80.1 Å². The average Bonchev–Trinajstić information content (AvgIpc) is 3.45. The number of benzene rings is 2. The van der Waals surface area contributed by atoms with E-state index in [1.54, 1.807) is 0 Å². The van der Waals surface area contributed by atoms with Gasteiger partial charge in [0.1, 0.15) is 11.4 Å². The maximum Gasteiger partial charge on any atom is 0.292 e. The molecule has 0 bridgehead atoms. The van der Waals surface area contributed by atoms with Gasteiger partial charge in [-0.2, -0.15) is 4.98 Å². The number of ether oxygens (including phenoxy) is 1. The third kappa shape index (κ3) is 4.13. The highest BCUT2D eigenvalue weighted by Crippen LogP contribution is 2.30. The van der Waals surface area contributed by atoms with Gasteiger partial charge in [-0.25, -0.2) is 4.99 Å². The van der Waals surface area contributed by atoms with E-state index in [-0.39, 0.29) is 6.01 Å². The lowest BCUT2D eigenvalue weighted by molar-refractivity contribution is 0.0195. The summed E-state index contributed by atoms with van der Waals surface area (Å²) in [5.74, 6) is 0.931. The molecule has 2 saturated heterocycles. The summed E-state index contributed by atoms with van der Waals surface area (Å²) >= 11 is 0. The Labute approximate surface area is 188 Å². The number of hydrogen-bond donors (Lipinski definition) is 1. The minimum Gasteiger partial charge on any atom is -0.424 e. The molecule has 7 heteroatoms. The molecule has 2 N–H and O–H groups in total. The zero-order valence-corrected chi connectivity index (χ0v) is 18.5. The quantitative estimate of drug-likeness (QED) is 0.497. The number of oxazole rings is 1. The number of amidine groups is 1. The third-order valence-electron chi connectivity index (χ3n) is 6.41. The van der Waals surface area contributed by atoms with Crippen LogP contribution in [0.25, 0.3) is 22.2 Å². The van der Waals surface area contributed by atoms with Crippen LogP contribution in [0.3, 0.4) is 0 Å². The van der Waals surface area contributed by atoms with E-state index in [9.17, 15) is 0 Å². The Balaban J connectivity index is 1.39. The second-order valence-corrected chi connectivity index (χ2v) is 8.45. The number of hydrogen-bond acceptors (Lipinski definition) is 6. The predicted molar refractivity (Wildman–Crippen MR) is 128 cm³/mol. The van der Waals surface area contributed by atoms with Crippen molar-refractivity contribution in [3.63, 3.8) is 0 Å². The van der Waals surface area contributed by atoms with Gasteiger partial charge in [0.05, 0.1) is 18.9 Å². The van der Waals surface area contributed by atoms with Gasteiger partial charge in [0.15, 0.2) is 5.58 Å². The van der Waals surface area contributed by atoms with Crippen LogP contribution in [0.5, 0.6) is 0 Å². The molecule has 0 spiro atoms. The Morgan fingerprint density at radius 1 is 1.16 bits per heavy atom. The molecule has 1 aromatic heterocycles. The van der Waals surface area contributed by atoms with Gasteiger partial charge < -0.3 is 19.8 Å². The predicted octanol–water partition coefficient (Wildman–Crippen LogP) is 4.01. The number of aromatic nitrogens is 1. The van der Waals surface area contributed by atoms with Crippen LogP contribution in [0.4, 0.5) is 11.7 Å². The molecule has 166 valence electrons. The first-order valence-electron chi connectivity index (χ1n) is 11.2. The Morgan fingerprint density at radius 2 is 1.94 bits per heavy atom. The molecular formula is C25H29N5O2. The van der Waals surface area contributed by atoms with Crippen molar-refractivity contribution in [1.29, 1.82) is 0 Å². The second kappa shape index (κ2) is 8.76. The zero-order valence-electron chi connectivity index (χ0n) is 18.5. The maximum atomic E-state index is 5.69. The van der Waals surface area contributed by atoms with Crippen molar-refractivity contribution in [2.24, 2.45) is 4.99 Å². The average molecular weight is 432 g/mol. The van der Waals surface area contributed by atoms with Crippen LogP contribution in [-0.2, 0) is 4.74 Å². The Hall–Kier alpha value is -3.16. The molecule has 1 atom stereocenters. The van der Waals surface area contributed by atoms with Crippen molar-refractivity contribution in [3.8, 4) is 11.1 Å². The number of morpholine rings is 1. The van der Waals surface area contributed by atoms with Gasteiger partial charge in [0, 0.05) is 32.2 Å². The van der Waals surface area contributed by atoms with Crippen molar-refractivity contribution in [3.05, 3.63) is 54.6 Å². The first-order valence-corrected chi connectivity index (χ1v) is 11.2. The van der Waals surface area contributed by atoms with Crippen molar-refractivity contribution in [2.75, 3.05) is 45.1 Å². The summed E-state index contributed by atoms with van der Waals surface area (Å²) in [6.07, 6.45) is 3.02. The van der Waals surface area contributed by atoms with Crippen LogP contribution in [-0.4, -0.2) is 66.1 Å². The SMILES string of the molecule is C=CC(=Nc1cc(-c2ccc3oc(N)nc3c2)ccc1C)N1CCC(N2CCOCC2)C1. The van der Waals surface area contributed by atoms with E-state index >= 15 is 0 Å². The number of rotatable bonds is 4. The lowest BCUT2D eigenvalue weighted by atomic mass is 10.0. The van der Waals surface area contributed by atoms with Gasteiger partial charge in [0.2, 0.25) is 0 Å². The summed E-state index contributed by atoms with van der Waals surface area (Å²) in [6, 6.07) is 13.0. The third-order valence-corrected chi connectivity index (χ3v) is 6.41. The minimum atomic E-state index is 0.183. The molecule has 0 saturated carbocycles. The van der Waals surface area contributed by atoms with Gasteiger partial charge in [-0.15, -0.1) is 0 Å². The first-order chi connectivity index (χ1) is 15.6. The molecule has 32 heavy (non-hydrogen) atoms. The zero-order chi connectivity index (χ0) is 22.1. The molecule has 3 heterocycles. The molecule has 2 aromatic carbocycles. The van der Waals surface area contributed by atoms with Crippen LogP contribution >= 0.6 is 0 Å². The Kier molecular flexibility index (Phi) is 5.68. The summed E-state index contributed by atoms with van der Waals surface area (Å²) < 4.78 is 10.9. The summed E-state index contributed by atoms with van der Waals surface area (Å²) in [5.41, 5.74) is 11.3. The molecule has 7 nitrogen and oxygen atoms in total. The van der Waals surface area contributed by atoms with E-state index in [4.69, 9.17) is 19.9 Å². The summed E-state index contributed by atoms with van der Waals surface area (Å²) in [6.45, 7) is 11.8. The number of nitrogens with zero attached hydrogens (tertiary/aromatic N) is 4. The molecule has 3 aromatic rings. The lowest BCUT2D eigenvalue weighted by Gasteiger charge is -2.32. The van der Waals surface area contributed by atoms with E-state index in [0.717, 1.165) is 79.5 Å². The maximum absolute atomic E-state index is 5.69. The number of nitrogen functional groups attached to an aromatic ring is 1. The molecular weight excluding hydrogens is 402 g/mol. The molecule has 1 unspecified atom stereocenters. The fourth-order valence-corrected chi connectivity index (χ4v) is 4.59. The molecule has 2 aliphatic heterocycles. The Bertz CT molecular complexity index is 1160. The lowest BCUT2D eigenvalue weighted by Crippen LogP contribution is -2.45. The number of anilines is 1. The smallest absolute Gasteiger partial charge is 0.292 e. The van der Waals surface area contributed by atoms with Gasteiger partial charge in [0.25, 0.3) is 6.01 Å². The molecule has 0 amide bonds. The molecule has 0 aliphatic carbocycles. The van der Waals surface area contributed by atoms with Crippen LogP contribution < -0.4 is 5.73 Å². The Morgan fingerprint density at radius 3 is 2.75 bits per heavy atom. The molecule has 2 aliphatic rings. The van der Waals surface area contributed by atoms with E-state index in [2.05, 4.69) is 46.5 Å². The number of aryl methyl sites for hydroxylation is 1. The number of fused-ring (bicyclic) bond motifs is 1. The van der Waals surface area contributed by atoms with E-state index in [1.165, 1.54) is 0 Å². The summed E-state index contributed by atoms with van der Waals surface area (Å²) in [7, 11) is 0.